The Morgan fingerprint density at radius 2 is 1.95 bits per heavy atom. The average Bonchev–Trinajstić information content (AvgIpc) is 2.93. The first-order valence-corrected chi connectivity index (χ1v) is 9.22. The van der Waals surface area contributed by atoms with E-state index in [2.05, 4.69) is 4.98 Å². The number of imidazole rings is 1. The maximum atomic E-state index is 11.6. The van der Waals surface area contributed by atoms with Crippen molar-refractivity contribution in [2.24, 2.45) is 0 Å². The molecule has 3 rings (SSSR count). The molecule has 1 aliphatic heterocycles. The number of piperidine rings is 1. The van der Waals surface area contributed by atoms with Crippen LogP contribution in [0.4, 0.5) is 0 Å². The molecule has 0 atom stereocenters. The summed E-state index contributed by atoms with van der Waals surface area (Å²) in [5.41, 5.74) is 1.03. The van der Waals surface area contributed by atoms with Crippen molar-refractivity contribution in [3.8, 4) is 5.82 Å². The molecule has 1 saturated heterocycles. The third-order valence-electron chi connectivity index (χ3n) is 4.17. The van der Waals surface area contributed by atoms with Gasteiger partial charge in [-0.25, -0.2) is 22.7 Å². The third kappa shape index (κ3) is 3.05. The van der Waals surface area contributed by atoms with Crippen LogP contribution in [0.25, 0.3) is 5.82 Å². The minimum absolute atomic E-state index is 0.307. The number of hydrogen-bond donors (Lipinski definition) is 0. The number of hydrogen-bond acceptors (Lipinski definition) is 4. The van der Waals surface area contributed by atoms with Gasteiger partial charge >= 0.3 is 0 Å². The molecule has 3 heterocycles. The minimum atomic E-state index is -3.08. The summed E-state index contributed by atoms with van der Waals surface area (Å²) in [5.74, 6) is 2.07. The lowest BCUT2D eigenvalue weighted by atomic mass is 9.94. The first-order chi connectivity index (χ1) is 10.4. The molecule has 0 aromatic carbocycles. The van der Waals surface area contributed by atoms with Crippen molar-refractivity contribution in [1.82, 2.24) is 18.8 Å². The van der Waals surface area contributed by atoms with Gasteiger partial charge in [-0.3, -0.25) is 4.57 Å². The van der Waals surface area contributed by atoms with Crippen molar-refractivity contribution in [1.29, 1.82) is 0 Å². The van der Waals surface area contributed by atoms with Gasteiger partial charge in [0.05, 0.1) is 6.26 Å². The molecule has 0 N–H and O–H groups in total. The van der Waals surface area contributed by atoms with E-state index >= 15 is 0 Å². The summed E-state index contributed by atoms with van der Waals surface area (Å²) in [6.45, 7) is 3.08. The highest BCUT2D eigenvalue weighted by Crippen LogP contribution is 2.28. The molecule has 118 valence electrons. The summed E-state index contributed by atoms with van der Waals surface area (Å²) in [5, 5.41) is 0. The predicted octanol–water partition coefficient (Wildman–Crippen LogP) is 1.71. The van der Waals surface area contributed by atoms with Gasteiger partial charge in [-0.1, -0.05) is 6.07 Å². The molecular weight excluding hydrogens is 300 g/mol. The van der Waals surface area contributed by atoms with E-state index in [1.807, 2.05) is 35.9 Å². The van der Waals surface area contributed by atoms with Crippen LogP contribution in [0.3, 0.4) is 0 Å². The summed E-state index contributed by atoms with van der Waals surface area (Å²) in [6, 6.07) is 5.99. The Labute approximate surface area is 130 Å². The fourth-order valence-electron chi connectivity index (χ4n) is 2.90. The maximum absolute atomic E-state index is 11.6. The lowest BCUT2D eigenvalue weighted by molar-refractivity contribution is 0.318. The monoisotopic (exact) mass is 320 g/mol. The summed E-state index contributed by atoms with van der Waals surface area (Å²) < 4.78 is 26.7. The van der Waals surface area contributed by atoms with Gasteiger partial charge in [0.15, 0.2) is 0 Å². The SMILES string of the molecule is Cc1nccn1-c1cccc(C2CCN(S(C)(=O)=O)CC2)n1. The molecule has 7 heteroatoms. The summed E-state index contributed by atoms with van der Waals surface area (Å²) >= 11 is 0. The van der Waals surface area contributed by atoms with Crippen LogP contribution in [0.2, 0.25) is 0 Å². The van der Waals surface area contributed by atoms with Crippen LogP contribution in [0.15, 0.2) is 30.6 Å². The molecule has 1 fully saturated rings. The minimum Gasteiger partial charge on any atom is -0.288 e. The largest absolute Gasteiger partial charge is 0.288 e. The predicted molar refractivity (Wildman–Crippen MR) is 84.5 cm³/mol. The lowest BCUT2D eigenvalue weighted by Crippen LogP contribution is -2.37. The Morgan fingerprint density at radius 1 is 1.23 bits per heavy atom. The molecule has 0 bridgehead atoms. The molecule has 2 aromatic rings. The molecule has 2 aromatic heterocycles. The molecule has 0 unspecified atom stereocenters. The second-order valence-electron chi connectivity index (χ2n) is 5.70. The van der Waals surface area contributed by atoms with Crippen molar-refractivity contribution >= 4 is 10.0 Å². The van der Waals surface area contributed by atoms with Crippen LogP contribution >= 0.6 is 0 Å². The number of rotatable bonds is 3. The summed E-state index contributed by atoms with van der Waals surface area (Å²) in [6.07, 6.45) is 6.55. The third-order valence-corrected chi connectivity index (χ3v) is 5.47. The zero-order valence-corrected chi connectivity index (χ0v) is 13.6. The molecule has 0 spiro atoms. The number of sulfonamides is 1. The number of aromatic nitrogens is 3. The highest BCUT2D eigenvalue weighted by molar-refractivity contribution is 7.88. The Balaban J connectivity index is 1.78. The van der Waals surface area contributed by atoms with Gasteiger partial charge in [-0.2, -0.15) is 0 Å². The van der Waals surface area contributed by atoms with Gasteiger partial charge in [0.25, 0.3) is 0 Å². The van der Waals surface area contributed by atoms with E-state index in [9.17, 15) is 8.42 Å². The zero-order chi connectivity index (χ0) is 15.7. The van der Waals surface area contributed by atoms with E-state index in [4.69, 9.17) is 4.98 Å². The Hall–Kier alpha value is -1.73. The Bertz CT molecular complexity index is 761. The Morgan fingerprint density at radius 3 is 2.55 bits per heavy atom. The topological polar surface area (TPSA) is 68.1 Å². The van der Waals surface area contributed by atoms with Gasteiger partial charge in [-0.05, 0) is 31.9 Å². The maximum Gasteiger partial charge on any atom is 0.211 e. The molecule has 0 saturated carbocycles. The van der Waals surface area contributed by atoms with E-state index in [-0.39, 0.29) is 0 Å². The van der Waals surface area contributed by atoms with Crippen LogP contribution in [0, 0.1) is 6.92 Å². The molecule has 0 radical (unpaired) electrons. The number of pyridine rings is 1. The van der Waals surface area contributed by atoms with E-state index in [0.717, 1.165) is 30.2 Å². The van der Waals surface area contributed by atoms with Crippen LogP contribution < -0.4 is 0 Å². The fraction of sp³-hybridized carbons (Fsp3) is 0.467. The van der Waals surface area contributed by atoms with Gasteiger partial charge in [0.1, 0.15) is 11.6 Å². The average molecular weight is 320 g/mol. The van der Waals surface area contributed by atoms with Crippen LogP contribution in [0.5, 0.6) is 0 Å². The molecule has 6 nitrogen and oxygen atoms in total. The second-order valence-corrected chi connectivity index (χ2v) is 7.68. The van der Waals surface area contributed by atoms with E-state index in [1.165, 1.54) is 6.26 Å². The number of nitrogens with zero attached hydrogens (tertiary/aromatic N) is 4. The molecule has 0 aliphatic carbocycles. The summed E-state index contributed by atoms with van der Waals surface area (Å²) in [4.78, 5) is 8.96. The second kappa shape index (κ2) is 5.81. The van der Waals surface area contributed by atoms with Crippen molar-refractivity contribution in [3.63, 3.8) is 0 Å². The molecule has 22 heavy (non-hydrogen) atoms. The van der Waals surface area contributed by atoms with Crippen molar-refractivity contribution in [2.45, 2.75) is 25.7 Å². The van der Waals surface area contributed by atoms with Gasteiger partial charge < -0.3 is 0 Å². The van der Waals surface area contributed by atoms with E-state index in [0.29, 0.717) is 19.0 Å². The van der Waals surface area contributed by atoms with Crippen LogP contribution in [0.1, 0.15) is 30.3 Å². The fourth-order valence-corrected chi connectivity index (χ4v) is 3.78. The zero-order valence-electron chi connectivity index (χ0n) is 12.8. The van der Waals surface area contributed by atoms with E-state index in [1.54, 1.807) is 10.5 Å². The smallest absolute Gasteiger partial charge is 0.211 e. The van der Waals surface area contributed by atoms with E-state index < -0.39 is 10.0 Å². The molecule has 1 aliphatic rings. The quantitative estimate of drug-likeness (QED) is 0.863. The Kier molecular flexibility index (Phi) is 4.01. The van der Waals surface area contributed by atoms with Gasteiger partial charge in [0, 0.05) is 37.1 Å². The van der Waals surface area contributed by atoms with Gasteiger partial charge in [0.2, 0.25) is 10.0 Å². The highest BCUT2D eigenvalue weighted by Gasteiger charge is 2.26. The van der Waals surface area contributed by atoms with Crippen molar-refractivity contribution in [2.75, 3.05) is 19.3 Å². The van der Waals surface area contributed by atoms with Crippen molar-refractivity contribution < 1.29 is 8.42 Å². The van der Waals surface area contributed by atoms with Crippen LogP contribution in [-0.4, -0.2) is 46.6 Å². The molecule has 0 amide bonds. The summed E-state index contributed by atoms with van der Waals surface area (Å²) in [7, 11) is -3.08. The van der Waals surface area contributed by atoms with Crippen molar-refractivity contribution in [3.05, 3.63) is 42.1 Å². The first-order valence-electron chi connectivity index (χ1n) is 7.37. The lowest BCUT2D eigenvalue weighted by Gasteiger charge is -2.30. The van der Waals surface area contributed by atoms with Crippen LogP contribution in [-0.2, 0) is 10.0 Å². The highest BCUT2D eigenvalue weighted by atomic mass is 32.2. The first kappa shape index (κ1) is 15.2. The van der Waals surface area contributed by atoms with Gasteiger partial charge in [-0.15, -0.1) is 0 Å². The standard InChI is InChI=1S/C15H20N4O2S/c1-12-16-8-11-19(12)15-5-3-4-14(17-15)13-6-9-18(10-7-13)22(2,20)21/h3-5,8,11,13H,6-7,9-10H2,1-2H3. The molecular formula is C15H20N4O2S. The normalized spacial score (nSPS) is 17.7. The number of aryl methyl sites for hydroxylation is 1.